The number of carbonyl (C=O) groups excluding carboxylic acids is 1. The Morgan fingerprint density at radius 2 is 1.95 bits per heavy atom. The van der Waals surface area contributed by atoms with Crippen molar-refractivity contribution in [1.29, 1.82) is 0 Å². The number of hydrogen-bond donors (Lipinski definition) is 1. The number of halogens is 2. The molecule has 0 aliphatic heterocycles. The van der Waals surface area contributed by atoms with E-state index < -0.39 is 11.6 Å². The first-order valence-corrected chi connectivity index (χ1v) is 6.05. The lowest BCUT2D eigenvalue weighted by atomic mass is 10.2. The lowest BCUT2D eigenvalue weighted by molar-refractivity contribution is -0.128. The summed E-state index contributed by atoms with van der Waals surface area (Å²) >= 11 is 0. The van der Waals surface area contributed by atoms with Gasteiger partial charge in [-0.15, -0.1) is 0 Å². The predicted octanol–water partition coefficient (Wildman–Crippen LogP) is 2.80. The van der Waals surface area contributed by atoms with Crippen molar-refractivity contribution in [3.63, 3.8) is 0 Å². The van der Waals surface area contributed by atoms with Gasteiger partial charge in [-0.3, -0.25) is 4.79 Å². The third-order valence-corrected chi connectivity index (χ3v) is 2.57. The molecule has 1 amide bonds. The minimum Gasteiger partial charge on any atom is -0.371 e. The van der Waals surface area contributed by atoms with Crippen LogP contribution >= 0.6 is 0 Å². The van der Waals surface area contributed by atoms with Crippen LogP contribution in [0.25, 0.3) is 0 Å². The number of likely N-dealkylation sites (N-methyl/N-ethyl adjacent to an activating group) is 1. The van der Waals surface area contributed by atoms with Gasteiger partial charge in [0.15, 0.2) is 0 Å². The molecule has 1 rings (SSSR count). The lowest BCUT2D eigenvalue weighted by Crippen LogP contribution is -2.36. The highest BCUT2D eigenvalue weighted by atomic mass is 19.1. The fourth-order valence-corrected chi connectivity index (χ4v) is 1.64. The molecule has 19 heavy (non-hydrogen) atoms. The molecule has 0 unspecified atom stereocenters. The van der Waals surface area contributed by atoms with E-state index in [1.807, 2.05) is 13.8 Å². The quantitative estimate of drug-likeness (QED) is 0.805. The Labute approximate surface area is 111 Å². The summed E-state index contributed by atoms with van der Waals surface area (Å²) in [5, 5.41) is 2.50. The summed E-state index contributed by atoms with van der Waals surface area (Å²) < 4.78 is 26.7. The average molecular weight is 268 g/mol. The summed E-state index contributed by atoms with van der Waals surface area (Å²) in [5.74, 6) is -1.65. The Bertz CT molecular complexity index is 454. The fourth-order valence-electron chi connectivity index (χ4n) is 1.64. The molecule has 0 radical (unpaired) electrons. The van der Waals surface area contributed by atoms with Crippen LogP contribution in [0.3, 0.4) is 0 Å². The van der Waals surface area contributed by atoms with Gasteiger partial charge in [0.25, 0.3) is 0 Å². The van der Waals surface area contributed by atoms with Gasteiger partial charge in [0.05, 0.1) is 6.54 Å². The van der Waals surface area contributed by atoms with E-state index in [2.05, 4.69) is 11.9 Å². The van der Waals surface area contributed by atoms with E-state index in [9.17, 15) is 13.6 Å². The highest BCUT2D eigenvalue weighted by molar-refractivity contribution is 5.81. The molecule has 5 heteroatoms. The number of para-hydroxylation sites is 1. The van der Waals surface area contributed by atoms with Gasteiger partial charge < -0.3 is 10.2 Å². The summed E-state index contributed by atoms with van der Waals surface area (Å²) in [4.78, 5) is 13.4. The third kappa shape index (κ3) is 4.35. The standard InChI is InChI=1S/C14H18F2N2O/c1-4-18(9-10(2)3)13(19)8-17-14-11(15)6-5-7-12(14)16/h5-7,17H,2,4,8-9H2,1,3H3. The van der Waals surface area contributed by atoms with Crippen LogP contribution in [0.2, 0.25) is 0 Å². The number of nitrogens with one attached hydrogen (secondary N) is 1. The molecule has 0 aromatic heterocycles. The zero-order chi connectivity index (χ0) is 14.4. The van der Waals surface area contributed by atoms with Crippen LogP contribution in [0, 0.1) is 11.6 Å². The third-order valence-electron chi connectivity index (χ3n) is 2.57. The maximum atomic E-state index is 13.4. The number of nitrogens with zero attached hydrogens (tertiary/aromatic N) is 1. The van der Waals surface area contributed by atoms with Crippen LogP contribution < -0.4 is 5.32 Å². The predicted molar refractivity (Wildman–Crippen MR) is 71.9 cm³/mol. The number of carbonyl (C=O) groups is 1. The van der Waals surface area contributed by atoms with Crippen molar-refractivity contribution in [1.82, 2.24) is 4.90 Å². The first-order valence-electron chi connectivity index (χ1n) is 6.05. The van der Waals surface area contributed by atoms with E-state index in [0.717, 1.165) is 17.7 Å². The molecular formula is C14H18F2N2O. The maximum Gasteiger partial charge on any atom is 0.242 e. The van der Waals surface area contributed by atoms with E-state index in [1.54, 1.807) is 4.90 Å². The van der Waals surface area contributed by atoms with Crippen molar-refractivity contribution in [3.05, 3.63) is 42.0 Å². The van der Waals surface area contributed by atoms with Crippen LogP contribution in [0.5, 0.6) is 0 Å². The van der Waals surface area contributed by atoms with Gasteiger partial charge in [0.2, 0.25) is 5.91 Å². The number of hydrogen-bond acceptors (Lipinski definition) is 2. The molecule has 1 aromatic rings. The van der Waals surface area contributed by atoms with E-state index in [0.29, 0.717) is 13.1 Å². The van der Waals surface area contributed by atoms with E-state index in [-0.39, 0.29) is 18.1 Å². The number of amides is 1. The van der Waals surface area contributed by atoms with Crippen LogP contribution in [-0.4, -0.2) is 30.4 Å². The molecule has 0 saturated heterocycles. The molecular weight excluding hydrogens is 250 g/mol. The summed E-state index contributed by atoms with van der Waals surface area (Å²) in [7, 11) is 0. The van der Waals surface area contributed by atoms with Gasteiger partial charge in [0, 0.05) is 13.1 Å². The van der Waals surface area contributed by atoms with Gasteiger partial charge in [0.1, 0.15) is 17.3 Å². The first kappa shape index (κ1) is 15.1. The molecule has 0 heterocycles. The largest absolute Gasteiger partial charge is 0.371 e. The Hall–Kier alpha value is -1.91. The molecule has 1 aromatic carbocycles. The van der Waals surface area contributed by atoms with Crippen molar-refractivity contribution in [3.8, 4) is 0 Å². The second kappa shape index (κ2) is 6.87. The summed E-state index contributed by atoms with van der Waals surface area (Å²) in [6, 6.07) is 3.56. The van der Waals surface area contributed by atoms with Gasteiger partial charge in [-0.1, -0.05) is 18.2 Å². The van der Waals surface area contributed by atoms with Crippen molar-refractivity contribution in [2.24, 2.45) is 0 Å². The monoisotopic (exact) mass is 268 g/mol. The molecule has 0 saturated carbocycles. The van der Waals surface area contributed by atoms with Crippen LogP contribution in [0.4, 0.5) is 14.5 Å². The molecule has 0 aliphatic carbocycles. The van der Waals surface area contributed by atoms with Crippen LogP contribution in [-0.2, 0) is 4.79 Å². The van der Waals surface area contributed by atoms with E-state index >= 15 is 0 Å². The summed E-state index contributed by atoms with van der Waals surface area (Å²) in [6.07, 6.45) is 0. The minimum absolute atomic E-state index is 0.154. The SMILES string of the molecule is C=C(C)CN(CC)C(=O)CNc1c(F)cccc1F. The molecule has 0 spiro atoms. The molecule has 0 bridgehead atoms. The molecule has 0 fully saturated rings. The average Bonchev–Trinajstić information content (AvgIpc) is 2.34. The molecule has 0 aliphatic rings. The number of anilines is 1. The Kier molecular flexibility index (Phi) is 5.48. The molecule has 104 valence electrons. The van der Waals surface area contributed by atoms with Crippen molar-refractivity contribution in [2.45, 2.75) is 13.8 Å². The summed E-state index contributed by atoms with van der Waals surface area (Å²) in [6.45, 7) is 8.20. The summed E-state index contributed by atoms with van der Waals surface area (Å²) in [5.41, 5.74) is 0.578. The van der Waals surface area contributed by atoms with E-state index in [1.165, 1.54) is 6.07 Å². The second-order valence-corrected chi connectivity index (χ2v) is 4.32. The normalized spacial score (nSPS) is 10.1. The fraction of sp³-hybridized carbons (Fsp3) is 0.357. The van der Waals surface area contributed by atoms with Gasteiger partial charge in [-0.2, -0.15) is 0 Å². The Balaban J connectivity index is 2.65. The zero-order valence-electron chi connectivity index (χ0n) is 11.2. The van der Waals surface area contributed by atoms with Crippen molar-refractivity contribution >= 4 is 11.6 Å². The molecule has 3 nitrogen and oxygen atoms in total. The number of benzene rings is 1. The van der Waals surface area contributed by atoms with Crippen LogP contribution in [0.15, 0.2) is 30.4 Å². The van der Waals surface area contributed by atoms with Crippen molar-refractivity contribution < 1.29 is 13.6 Å². The van der Waals surface area contributed by atoms with Gasteiger partial charge >= 0.3 is 0 Å². The van der Waals surface area contributed by atoms with Gasteiger partial charge in [-0.05, 0) is 26.0 Å². The minimum atomic E-state index is -0.712. The topological polar surface area (TPSA) is 32.3 Å². The zero-order valence-corrected chi connectivity index (χ0v) is 11.2. The Morgan fingerprint density at radius 1 is 1.37 bits per heavy atom. The van der Waals surface area contributed by atoms with E-state index in [4.69, 9.17) is 0 Å². The maximum absolute atomic E-state index is 13.4. The van der Waals surface area contributed by atoms with Crippen molar-refractivity contribution in [2.75, 3.05) is 25.0 Å². The second-order valence-electron chi connectivity index (χ2n) is 4.32. The van der Waals surface area contributed by atoms with Gasteiger partial charge in [-0.25, -0.2) is 8.78 Å². The first-order chi connectivity index (χ1) is 8.95. The van der Waals surface area contributed by atoms with Crippen LogP contribution in [0.1, 0.15) is 13.8 Å². The highest BCUT2D eigenvalue weighted by Crippen LogP contribution is 2.17. The smallest absolute Gasteiger partial charge is 0.242 e. The number of rotatable bonds is 6. The molecule has 1 N–H and O–H groups in total. The highest BCUT2D eigenvalue weighted by Gasteiger charge is 2.14. The molecule has 0 atom stereocenters. The Morgan fingerprint density at radius 3 is 2.42 bits per heavy atom. The lowest BCUT2D eigenvalue weighted by Gasteiger charge is -2.21.